The highest BCUT2D eigenvalue weighted by molar-refractivity contribution is 7.98. The van der Waals surface area contributed by atoms with Crippen LogP contribution in [-0.2, 0) is 4.79 Å². The quantitative estimate of drug-likeness (QED) is 0.775. The molecular formula is C12H18N2OS. The van der Waals surface area contributed by atoms with E-state index in [4.69, 9.17) is 5.73 Å². The third-order valence-electron chi connectivity index (χ3n) is 2.29. The molecule has 0 bridgehead atoms. The minimum atomic E-state index is -0.412. The summed E-state index contributed by atoms with van der Waals surface area (Å²) in [6.45, 7) is 2.01. The zero-order chi connectivity index (χ0) is 12.0. The van der Waals surface area contributed by atoms with Gasteiger partial charge in [-0.2, -0.15) is 0 Å². The van der Waals surface area contributed by atoms with Crippen LogP contribution in [0.4, 0.5) is 5.69 Å². The van der Waals surface area contributed by atoms with Crippen molar-refractivity contribution in [3.63, 3.8) is 0 Å². The molecule has 0 aromatic heterocycles. The van der Waals surface area contributed by atoms with Crippen molar-refractivity contribution < 1.29 is 4.79 Å². The van der Waals surface area contributed by atoms with Crippen LogP contribution in [-0.4, -0.2) is 18.2 Å². The largest absolute Gasteiger partial charge is 0.325 e. The number of benzene rings is 1. The average molecular weight is 238 g/mol. The third kappa shape index (κ3) is 3.87. The summed E-state index contributed by atoms with van der Waals surface area (Å²) in [6, 6.07) is 7.33. The fourth-order valence-electron chi connectivity index (χ4n) is 1.35. The molecule has 1 aromatic carbocycles. The molecule has 0 aliphatic carbocycles. The molecule has 0 aliphatic heterocycles. The number of anilines is 1. The van der Waals surface area contributed by atoms with Crippen LogP contribution in [0.5, 0.6) is 0 Å². The average Bonchev–Trinajstić information content (AvgIpc) is 2.30. The van der Waals surface area contributed by atoms with Crippen LogP contribution in [0.15, 0.2) is 29.2 Å². The maximum atomic E-state index is 11.6. The number of hydrogen-bond acceptors (Lipinski definition) is 3. The van der Waals surface area contributed by atoms with Gasteiger partial charge in [0.05, 0.1) is 6.04 Å². The standard InChI is InChI=1S/C12H18N2OS/c1-3-4-11(13)12(15)14-9-5-7-10(16-2)8-6-9/h5-8,11H,3-4,13H2,1-2H3,(H,14,15)/t11-/m0/s1. The summed E-state index contributed by atoms with van der Waals surface area (Å²) in [5, 5.41) is 2.80. The molecule has 0 saturated carbocycles. The van der Waals surface area contributed by atoms with E-state index in [1.54, 1.807) is 11.8 Å². The Morgan fingerprint density at radius 3 is 2.56 bits per heavy atom. The molecule has 0 heterocycles. The SMILES string of the molecule is CCC[C@H](N)C(=O)Nc1ccc(SC)cc1. The van der Waals surface area contributed by atoms with Gasteiger partial charge in [0.25, 0.3) is 0 Å². The Hall–Kier alpha value is -1.00. The van der Waals surface area contributed by atoms with Crippen molar-refractivity contribution >= 4 is 23.4 Å². The minimum absolute atomic E-state index is 0.112. The molecule has 0 radical (unpaired) electrons. The van der Waals surface area contributed by atoms with Gasteiger partial charge in [-0.3, -0.25) is 4.79 Å². The predicted octanol–water partition coefficient (Wildman–Crippen LogP) is 2.47. The van der Waals surface area contributed by atoms with E-state index in [2.05, 4.69) is 5.32 Å². The zero-order valence-electron chi connectivity index (χ0n) is 9.69. The van der Waals surface area contributed by atoms with Crippen molar-refractivity contribution in [2.45, 2.75) is 30.7 Å². The van der Waals surface area contributed by atoms with Crippen molar-refractivity contribution in [3.8, 4) is 0 Å². The summed E-state index contributed by atoms with van der Waals surface area (Å²) in [6.07, 6.45) is 3.65. The summed E-state index contributed by atoms with van der Waals surface area (Å²) < 4.78 is 0. The van der Waals surface area contributed by atoms with Crippen molar-refractivity contribution in [3.05, 3.63) is 24.3 Å². The molecule has 3 nitrogen and oxygen atoms in total. The predicted molar refractivity (Wildman–Crippen MR) is 69.7 cm³/mol. The second-order valence-electron chi connectivity index (χ2n) is 3.61. The second-order valence-corrected chi connectivity index (χ2v) is 4.49. The van der Waals surface area contributed by atoms with Crippen LogP contribution < -0.4 is 11.1 Å². The van der Waals surface area contributed by atoms with E-state index in [-0.39, 0.29) is 5.91 Å². The Morgan fingerprint density at radius 2 is 2.06 bits per heavy atom. The molecular weight excluding hydrogens is 220 g/mol. The molecule has 1 rings (SSSR count). The Kier molecular flexibility index (Phi) is 5.35. The molecule has 0 saturated heterocycles. The number of carbonyl (C=O) groups excluding carboxylic acids is 1. The first-order valence-corrected chi connectivity index (χ1v) is 6.60. The van der Waals surface area contributed by atoms with Gasteiger partial charge >= 0.3 is 0 Å². The highest BCUT2D eigenvalue weighted by Crippen LogP contribution is 2.17. The Morgan fingerprint density at radius 1 is 1.44 bits per heavy atom. The fraction of sp³-hybridized carbons (Fsp3) is 0.417. The lowest BCUT2D eigenvalue weighted by molar-refractivity contribution is -0.117. The number of amides is 1. The van der Waals surface area contributed by atoms with Crippen LogP contribution >= 0.6 is 11.8 Å². The van der Waals surface area contributed by atoms with E-state index in [1.807, 2.05) is 37.4 Å². The molecule has 16 heavy (non-hydrogen) atoms. The molecule has 1 atom stereocenters. The van der Waals surface area contributed by atoms with Gasteiger partial charge in [0.15, 0.2) is 0 Å². The zero-order valence-corrected chi connectivity index (χ0v) is 10.5. The monoisotopic (exact) mass is 238 g/mol. The first-order chi connectivity index (χ1) is 7.67. The van der Waals surface area contributed by atoms with Gasteiger partial charge in [0.2, 0.25) is 5.91 Å². The molecule has 1 amide bonds. The van der Waals surface area contributed by atoms with Crippen LogP contribution in [0.2, 0.25) is 0 Å². The molecule has 3 N–H and O–H groups in total. The van der Waals surface area contributed by atoms with Gasteiger partial charge < -0.3 is 11.1 Å². The van der Waals surface area contributed by atoms with Crippen LogP contribution in [0.25, 0.3) is 0 Å². The minimum Gasteiger partial charge on any atom is -0.325 e. The van der Waals surface area contributed by atoms with Crippen molar-refractivity contribution in [2.24, 2.45) is 5.73 Å². The molecule has 0 spiro atoms. The van der Waals surface area contributed by atoms with Crippen molar-refractivity contribution in [1.82, 2.24) is 0 Å². The molecule has 1 aromatic rings. The first-order valence-electron chi connectivity index (χ1n) is 5.38. The highest BCUT2D eigenvalue weighted by atomic mass is 32.2. The third-order valence-corrected chi connectivity index (χ3v) is 3.04. The van der Waals surface area contributed by atoms with E-state index in [9.17, 15) is 4.79 Å². The maximum Gasteiger partial charge on any atom is 0.241 e. The van der Waals surface area contributed by atoms with E-state index in [0.29, 0.717) is 6.42 Å². The van der Waals surface area contributed by atoms with E-state index in [1.165, 1.54) is 4.90 Å². The number of rotatable bonds is 5. The van der Waals surface area contributed by atoms with Gasteiger partial charge in [0, 0.05) is 10.6 Å². The van der Waals surface area contributed by atoms with E-state index in [0.717, 1.165) is 12.1 Å². The van der Waals surface area contributed by atoms with Gasteiger partial charge in [0.1, 0.15) is 0 Å². The number of nitrogens with two attached hydrogens (primary N) is 1. The molecule has 4 heteroatoms. The Bertz CT molecular complexity index is 337. The Labute approximate surface area is 101 Å². The summed E-state index contributed by atoms with van der Waals surface area (Å²) >= 11 is 1.67. The maximum absolute atomic E-state index is 11.6. The van der Waals surface area contributed by atoms with Crippen molar-refractivity contribution in [2.75, 3.05) is 11.6 Å². The number of carbonyl (C=O) groups is 1. The van der Waals surface area contributed by atoms with Crippen molar-refractivity contribution in [1.29, 1.82) is 0 Å². The van der Waals surface area contributed by atoms with Crippen LogP contribution in [0, 0.1) is 0 Å². The highest BCUT2D eigenvalue weighted by Gasteiger charge is 2.11. The van der Waals surface area contributed by atoms with E-state index < -0.39 is 6.04 Å². The van der Waals surface area contributed by atoms with Gasteiger partial charge in [-0.1, -0.05) is 13.3 Å². The Balaban J connectivity index is 2.55. The normalized spacial score (nSPS) is 12.2. The van der Waals surface area contributed by atoms with Crippen LogP contribution in [0.1, 0.15) is 19.8 Å². The number of nitrogens with one attached hydrogen (secondary N) is 1. The number of thioether (sulfide) groups is 1. The summed E-state index contributed by atoms with van der Waals surface area (Å²) in [4.78, 5) is 12.8. The summed E-state index contributed by atoms with van der Waals surface area (Å²) in [5.41, 5.74) is 6.52. The molecule has 0 aliphatic rings. The van der Waals surface area contributed by atoms with Gasteiger partial charge in [-0.05, 0) is 36.9 Å². The summed E-state index contributed by atoms with van der Waals surface area (Å²) in [5.74, 6) is -0.112. The van der Waals surface area contributed by atoms with Crippen LogP contribution in [0.3, 0.4) is 0 Å². The molecule has 88 valence electrons. The molecule has 0 fully saturated rings. The van der Waals surface area contributed by atoms with Gasteiger partial charge in [-0.15, -0.1) is 11.8 Å². The lowest BCUT2D eigenvalue weighted by atomic mass is 10.1. The summed E-state index contributed by atoms with van der Waals surface area (Å²) in [7, 11) is 0. The fourth-order valence-corrected chi connectivity index (χ4v) is 1.76. The number of hydrogen-bond donors (Lipinski definition) is 2. The van der Waals surface area contributed by atoms with Gasteiger partial charge in [-0.25, -0.2) is 0 Å². The topological polar surface area (TPSA) is 55.1 Å². The first kappa shape index (κ1) is 13.1. The smallest absolute Gasteiger partial charge is 0.241 e. The lowest BCUT2D eigenvalue weighted by Crippen LogP contribution is -2.35. The molecule has 0 unspecified atom stereocenters. The second kappa shape index (κ2) is 6.55. The van der Waals surface area contributed by atoms with E-state index >= 15 is 0 Å². The lowest BCUT2D eigenvalue weighted by Gasteiger charge is -2.11.